The molecule has 0 radical (unpaired) electrons. The Bertz CT molecular complexity index is 154. The molecule has 0 spiro atoms. The van der Waals surface area contributed by atoms with E-state index in [2.05, 4.69) is 6.07 Å². The van der Waals surface area contributed by atoms with E-state index in [1.807, 2.05) is 0 Å². The molecule has 0 amide bonds. The molecule has 12 heavy (non-hydrogen) atoms. The van der Waals surface area contributed by atoms with E-state index in [4.69, 9.17) is 10.00 Å². The van der Waals surface area contributed by atoms with E-state index in [1.165, 1.54) is 25.7 Å². The average Bonchev–Trinajstić information content (AvgIpc) is 2.15. The van der Waals surface area contributed by atoms with Crippen LogP contribution < -0.4 is 0 Å². The first-order chi connectivity index (χ1) is 5.86. The zero-order valence-electron chi connectivity index (χ0n) is 7.75. The van der Waals surface area contributed by atoms with Gasteiger partial charge in [0.25, 0.3) is 0 Å². The highest BCUT2D eigenvalue weighted by atomic mass is 16.5. The first kappa shape index (κ1) is 9.54. The third-order valence-electron chi connectivity index (χ3n) is 2.79. The van der Waals surface area contributed by atoms with Gasteiger partial charge in [-0.05, 0) is 38.0 Å². The first-order valence-electron chi connectivity index (χ1n) is 4.76. The third-order valence-corrected chi connectivity index (χ3v) is 2.79. The van der Waals surface area contributed by atoms with Crippen LogP contribution in [-0.2, 0) is 4.74 Å². The predicted molar refractivity (Wildman–Crippen MR) is 47.6 cm³/mol. The van der Waals surface area contributed by atoms with Crippen molar-refractivity contribution in [2.75, 3.05) is 7.11 Å². The number of nitrogens with zero attached hydrogens (tertiary/aromatic N) is 1. The maximum atomic E-state index is 8.42. The smallest absolute Gasteiger partial charge is 0.0621 e. The minimum Gasteiger partial charge on any atom is -0.381 e. The van der Waals surface area contributed by atoms with Gasteiger partial charge in [-0.1, -0.05) is 0 Å². The number of hydrogen-bond acceptors (Lipinski definition) is 2. The second kappa shape index (κ2) is 5.16. The standard InChI is InChI=1S/C10H17NO/c1-12-10-6-4-9(5-7-10)3-2-8-11/h9-10H,2-7H2,1H3. The molecule has 1 rings (SSSR count). The van der Waals surface area contributed by atoms with Crippen molar-refractivity contribution in [2.45, 2.75) is 44.6 Å². The van der Waals surface area contributed by atoms with E-state index < -0.39 is 0 Å². The lowest BCUT2D eigenvalue weighted by molar-refractivity contribution is 0.0558. The first-order valence-corrected chi connectivity index (χ1v) is 4.76. The highest BCUT2D eigenvalue weighted by Crippen LogP contribution is 2.28. The molecule has 1 aliphatic rings. The quantitative estimate of drug-likeness (QED) is 0.647. The molecular weight excluding hydrogens is 150 g/mol. The van der Waals surface area contributed by atoms with Gasteiger partial charge < -0.3 is 4.74 Å². The van der Waals surface area contributed by atoms with Crippen LogP contribution in [0, 0.1) is 17.2 Å². The molecular formula is C10H17NO. The molecule has 0 aliphatic heterocycles. The van der Waals surface area contributed by atoms with Gasteiger partial charge in [-0.2, -0.15) is 5.26 Å². The van der Waals surface area contributed by atoms with Gasteiger partial charge in [-0.15, -0.1) is 0 Å². The summed E-state index contributed by atoms with van der Waals surface area (Å²) in [4.78, 5) is 0. The second-order valence-electron chi connectivity index (χ2n) is 3.58. The normalized spacial score (nSPS) is 29.7. The maximum absolute atomic E-state index is 8.42. The summed E-state index contributed by atoms with van der Waals surface area (Å²) < 4.78 is 5.28. The fraction of sp³-hybridized carbons (Fsp3) is 0.900. The largest absolute Gasteiger partial charge is 0.381 e. The van der Waals surface area contributed by atoms with Crippen molar-refractivity contribution in [3.63, 3.8) is 0 Å². The van der Waals surface area contributed by atoms with E-state index in [1.54, 1.807) is 7.11 Å². The molecule has 0 aromatic carbocycles. The van der Waals surface area contributed by atoms with E-state index in [-0.39, 0.29) is 0 Å². The van der Waals surface area contributed by atoms with Crippen LogP contribution in [0.5, 0.6) is 0 Å². The third kappa shape index (κ3) is 2.83. The summed E-state index contributed by atoms with van der Waals surface area (Å²) in [7, 11) is 1.79. The fourth-order valence-corrected chi connectivity index (χ4v) is 1.92. The van der Waals surface area contributed by atoms with Crippen LogP contribution in [0.3, 0.4) is 0 Å². The van der Waals surface area contributed by atoms with Crippen molar-refractivity contribution in [1.82, 2.24) is 0 Å². The minimum absolute atomic E-state index is 0.489. The van der Waals surface area contributed by atoms with Crippen molar-refractivity contribution in [3.8, 4) is 6.07 Å². The lowest BCUT2D eigenvalue weighted by Gasteiger charge is -2.26. The molecule has 0 unspecified atom stereocenters. The molecule has 68 valence electrons. The Labute approximate surface area is 74.5 Å². The highest BCUT2D eigenvalue weighted by molar-refractivity contribution is 4.77. The lowest BCUT2D eigenvalue weighted by Crippen LogP contribution is -2.20. The molecule has 0 aromatic rings. The monoisotopic (exact) mass is 167 g/mol. The van der Waals surface area contributed by atoms with Gasteiger partial charge in [0.2, 0.25) is 0 Å². The van der Waals surface area contributed by atoms with Crippen molar-refractivity contribution in [2.24, 2.45) is 5.92 Å². The van der Waals surface area contributed by atoms with Crippen LogP contribution in [-0.4, -0.2) is 13.2 Å². The van der Waals surface area contributed by atoms with Crippen LogP contribution in [0.25, 0.3) is 0 Å². The van der Waals surface area contributed by atoms with Crippen molar-refractivity contribution >= 4 is 0 Å². The van der Waals surface area contributed by atoms with Crippen LogP contribution >= 0.6 is 0 Å². The van der Waals surface area contributed by atoms with E-state index in [0.717, 1.165) is 18.8 Å². The minimum atomic E-state index is 0.489. The molecule has 1 aliphatic carbocycles. The van der Waals surface area contributed by atoms with Crippen molar-refractivity contribution < 1.29 is 4.74 Å². The maximum Gasteiger partial charge on any atom is 0.0621 e. The summed E-state index contributed by atoms with van der Waals surface area (Å²) in [6.07, 6.45) is 7.18. The lowest BCUT2D eigenvalue weighted by atomic mass is 9.85. The van der Waals surface area contributed by atoms with Gasteiger partial charge in [0, 0.05) is 13.5 Å². The summed E-state index contributed by atoms with van der Waals surface area (Å²) >= 11 is 0. The summed E-state index contributed by atoms with van der Waals surface area (Å²) in [6, 6.07) is 2.21. The summed E-state index contributed by atoms with van der Waals surface area (Å²) in [6.45, 7) is 0. The Morgan fingerprint density at radius 1 is 1.33 bits per heavy atom. The van der Waals surface area contributed by atoms with E-state index >= 15 is 0 Å². The highest BCUT2D eigenvalue weighted by Gasteiger charge is 2.19. The Hall–Kier alpha value is -0.550. The van der Waals surface area contributed by atoms with Gasteiger partial charge in [0.1, 0.15) is 0 Å². The Morgan fingerprint density at radius 2 is 2.00 bits per heavy atom. The van der Waals surface area contributed by atoms with Crippen LogP contribution in [0.4, 0.5) is 0 Å². The molecule has 0 atom stereocenters. The Morgan fingerprint density at radius 3 is 2.50 bits per heavy atom. The average molecular weight is 167 g/mol. The molecule has 0 saturated heterocycles. The van der Waals surface area contributed by atoms with Crippen LogP contribution in [0.15, 0.2) is 0 Å². The van der Waals surface area contributed by atoms with E-state index in [0.29, 0.717) is 6.10 Å². The van der Waals surface area contributed by atoms with Crippen molar-refractivity contribution in [3.05, 3.63) is 0 Å². The molecule has 0 heterocycles. The van der Waals surface area contributed by atoms with Gasteiger partial charge in [0.15, 0.2) is 0 Å². The summed E-state index contributed by atoms with van der Waals surface area (Å²) in [5.41, 5.74) is 0. The molecule has 0 aromatic heterocycles. The fourth-order valence-electron chi connectivity index (χ4n) is 1.92. The van der Waals surface area contributed by atoms with Crippen LogP contribution in [0.1, 0.15) is 38.5 Å². The predicted octanol–water partition coefficient (Wildman–Crippen LogP) is 2.50. The molecule has 2 heteroatoms. The zero-order chi connectivity index (χ0) is 8.81. The molecule has 1 saturated carbocycles. The van der Waals surface area contributed by atoms with Gasteiger partial charge in [-0.3, -0.25) is 0 Å². The number of rotatable bonds is 3. The number of ether oxygens (including phenoxy) is 1. The number of methoxy groups -OCH3 is 1. The molecule has 1 fully saturated rings. The summed E-state index contributed by atoms with van der Waals surface area (Å²) in [5, 5.41) is 8.42. The van der Waals surface area contributed by atoms with Gasteiger partial charge in [-0.25, -0.2) is 0 Å². The molecule has 0 bridgehead atoms. The van der Waals surface area contributed by atoms with Crippen LogP contribution in [0.2, 0.25) is 0 Å². The number of nitriles is 1. The molecule has 2 nitrogen and oxygen atoms in total. The Balaban J connectivity index is 2.14. The van der Waals surface area contributed by atoms with Gasteiger partial charge in [0.05, 0.1) is 12.2 Å². The van der Waals surface area contributed by atoms with E-state index in [9.17, 15) is 0 Å². The zero-order valence-corrected chi connectivity index (χ0v) is 7.75. The SMILES string of the molecule is COC1CCC(CCC#N)CC1. The van der Waals surface area contributed by atoms with Gasteiger partial charge >= 0.3 is 0 Å². The number of hydrogen-bond donors (Lipinski definition) is 0. The Kier molecular flexibility index (Phi) is 4.10. The second-order valence-corrected chi connectivity index (χ2v) is 3.58. The summed E-state index contributed by atoms with van der Waals surface area (Å²) in [5.74, 6) is 0.788. The molecule has 0 N–H and O–H groups in total. The topological polar surface area (TPSA) is 33.0 Å². The van der Waals surface area contributed by atoms with Crippen molar-refractivity contribution in [1.29, 1.82) is 5.26 Å².